The lowest BCUT2D eigenvalue weighted by atomic mass is 9.68. The van der Waals surface area contributed by atoms with Crippen molar-refractivity contribution in [1.29, 1.82) is 0 Å². The van der Waals surface area contributed by atoms with E-state index in [2.05, 4.69) is 10.2 Å². The first kappa shape index (κ1) is 18.7. The molecule has 4 atom stereocenters. The van der Waals surface area contributed by atoms with E-state index < -0.39 is 12.7 Å². The van der Waals surface area contributed by atoms with Crippen molar-refractivity contribution in [2.24, 2.45) is 5.73 Å². The van der Waals surface area contributed by atoms with Gasteiger partial charge in [0.1, 0.15) is 17.4 Å². The molecule has 3 aliphatic heterocycles. The third kappa shape index (κ3) is 3.05. The van der Waals surface area contributed by atoms with Crippen LogP contribution >= 0.6 is 0 Å². The second-order valence-corrected chi connectivity index (χ2v) is 8.49. The van der Waals surface area contributed by atoms with Crippen LogP contribution in [0.1, 0.15) is 34.7 Å². The Hall–Kier alpha value is -2.34. The number of hydrogen-bond donors (Lipinski definition) is 5. The molecular formula is C18H23BN3O7-. The Kier molecular flexibility index (Phi) is 4.08. The summed E-state index contributed by atoms with van der Waals surface area (Å²) in [6, 6.07) is 3.25. The Morgan fingerprint density at radius 1 is 1.28 bits per heavy atom. The average Bonchev–Trinajstić information content (AvgIpc) is 3.28. The molecule has 0 aromatic heterocycles. The van der Waals surface area contributed by atoms with Crippen LogP contribution in [0.15, 0.2) is 12.1 Å². The van der Waals surface area contributed by atoms with Crippen LogP contribution in [-0.2, 0) is 4.79 Å². The first-order valence-electron chi connectivity index (χ1n) is 9.86. The summed E-state index contributed by atoms with van der Waals surface area (Å²) < 4.78 is 11.2. The number of hydrogen-bond acceptors (Lipinski definition) is 8. The molecule has 1 aliphatic carbocycles. The predicted octanol–water partition coefficient (Wildman–Crippen LogP) is -1.16. The number of carbonyl (C=O) groups is 2. The van der Waals surface area contributed by atoms with Crippen LogP contribution in [0.2, 0.25) is 5.82 Å². The maximum atomic E-state index is 11.9. The smallest absolute Gasteiger partial charge is 0.434 e. The summed E-state index contributed by atoms with van der Waals surface area (Å²) in [6.07, 6.45) is 1.02. The Morgan fingerprint density at radius 2 is 2.03 bits per heavy atom. The first-order valence-corrected chi connectivity index (χ1v) is 9.86. The van der Waals surface area contributed by atoms with Crippen LogP contribution in [0.25, 0.3) is 0 Å². The van der Waals surface area contributed by atoms with Gasteiger partial charge in [-0.3, -0.25) is 9.69 Å². The van der Waals surface area contributed by atoms with Crippen LogP contribution in [0.4, 0.5) is 0 Å². The molecule has 5 rings (SSSR count). The molecule has 1 aromatic rings. The van der Waals surface area contributed by atoms with Gasteiger partial charge in [-0.25, -0.2) is 4.79 Å². The largest absolute Gasteiger partial charge is 0.669 e. The van der Waals surface area contributed by atoms with Crippen molar-refractivity contribution in [3.05, 3.63) is 23.3 Å². The summed E-state index contributed by atoms with van der Waals surface area (Å²) >= 11 is 0. The number of benzene rings is 1. The lowest BCUT2D eigenvalue weighted by Gasteiger charge is -2.43. The zero-order valence-electron chi connectivity index (χ0n) is 15.7. The molecule has 4 aliphatic rings. The van der Waals surface area contributed by atoms with E-state index in [1.807, 2.05) is 0 Å². The van der Waals surface area contributed by atoms with E-state index in [4.69, 9.17) is 15.1 Å². The van der Waals surface area contributed by atoms with Crippen LogP contribution in [0.5, 0.6) is 11.5 Å². The number of aromatic carboxylic acids is 1. The molecule has 10 nitrogen and oxygen atoms in total. The maximum absolute atomic E-state index is 11.9. The normalized spacial score (nSPS) is 32.5. The highest BCUT2D eigenvalue weighted by Crippen LogP contribution is 2.63. The second-order valence-electron chi connectivity index (χ2n) is 8.49. The number of nitrogens with zero attached hydrogens (tertiary/aromatic N) is 1. The van der Waals surface area contributed by atoms with Crippen molar-refractivity contribution < 1.29 is 34.1 Å². The molecule has 0 bridgehead atoms. The number of fused-ring (bicyclic) bond motifs is 3. The van der Waals surface area contributed by atoms with Gasteiger partial charge in [-0.1, -0.05) is 18.3 Å². The summed E-state index contributed by atoms with van der Waals surface area (Å²) in [4.78, 5) is 25.4. The minimum Gasteiger partial charge on any atom is -0.669 e. The highest BCUT2D eigenvalue weighted by atomic mass is 16.6. The summed E-state index contributed by atoms with van der Waals surface area (Å²) in [5, 5.41) is 33.0. The van der Waals surface area contributed by atoms with Gasteiger partial charge in [0, 0.05) is 25.7 Å². The summed E-state index contributed by atoms with van der Waals surface area (Å²) in [5.41, 5.74) is 5.85. The predicted molar refractivity (Wildman–Crippen MR) is 101 cm³/mol. The minimum atomic E-state index is -3.06. The van der Waals surface area contributed by atoms with Gasteiger partial charge in [-0.2, -0.15) is 0 Å². The summed E-state index contributed by atoms with van der Waals surface area (Å²) in [5.74, 6) is -1.90. The van der Waals surface area contributed by atoms with Crippen molar-refractivity contribution in [2.75, 3.05) is 19.6 Å². The SMILES string of the molecule is NC(=O)[C@@H]1C[C@@H](N2CC(Oc3ccc4c(c3C(=O)O)O[B-](O)(O)[C@H]3C[C@@H]43)C2)CN1. The van der Waals surface area contributed by atoms with E-state index in [-0.39, 0.29) is 52.9 Å². The fourth-order valence-corrected chi connectivity index (χ4v) is 4.85. The van der Waals surface area contributed by atoms with Gasteiger partial charge >= 0.3 is 12.7 Å². The first-order chi connectivity index (χ1) is 13.7. The fourth-order valence-electron chi connectivity index (χ4n) is 4.85. The lowest BCUT2D eigenvalue weighted by molar-refractivity contribution is -0.119. The van der Waals surface area contributed by atoms with E-state index in [1.165, 1.54) is 0 Å². The van der Waals surface area contributed by atoms with Crippen molar-refractivity contribution in [2.45, 2.75) is 42.8 Å². The highest BCUT2D eigenvalue weighted by molar-refractivity contribution is 6.62. The van der Waals surface area contributed by atoms with Gasteiger partial charge < -0.3 is 35.6 Å². The number of nitrogens with two attached hydrogens (primary N) is 1. The minimum absolute atomic E-state index is 0.000720. The Morgan fingerprint density at radius 3 is 2.69 bits per heavy atom. The van der Waals surface area contributed by atoms with Gasteiger partial charge in [-0.15, -0.1) is 0 Å². The van der Waals surface area contributed by atoms with Gasteiger partial charge in [0.25, 0.3) is 0 Å². The maximum Gasteiger partial charge on any atom is 0.434 e. The molecule has 156 valence electrons. The zero-order valence-corrected chi connectivity index (χ0v) is 15.7. The van der Waals surface area contributed by atoms with E-state index in [0.29, 0.717) is 38.0 Å². The standard InChI is InChI=1S/C18H23BN3O7/c20-17(23)13-3-8(5-21-13)22-6-9(7-22)28-14-2-1-10-11-4-12(11)19(26,27)29-16(10)15(14)18(24)25/h1-2,8-9,11-13,21,26-27H,3-7H2,(H2,20,23)(H,24,25)/q-1/t8-,11+,12+,13+/m1/s1. The quantitative estimate of drug-likeness (QED) is 0.382. The average molecular weight is 404 g/mol. The number of carbonyl (C=O) groups excluding carboxylic acids is 1. The van der Waals surface area contributed by atoms with Gasteiger partial charge in [0.15, 0.2) is 0 Å². The third-order valence-corrected chi connectivity index (χ3v) is 6.59. The Bertz CT molecular complexity index is 888. The molecule has 1 aromatic carbocycles. The third-order valence-electron chi connectivity index (χ3n) is 6.59. The molecule has 3 fully saturated rings. The van der Waals surface area contributed by atoms with Gasteiger partial charge in [0.05, 0.1) is 11.8 Å². The highest BCUT2D eigenvalue weighted by Gasteiger charge is 2.55. The fraction of sp³-hybridized carbons (Fsp3) is 0.556. The summed E-state index contributed by atoms with van der Waals surface area (Å²) in [7, 11) is 0. The van der Waals surface area contributed by atoms with Crippen molar-refractivity contribution in [1.82, 2.24) is 10.2 Å². The van der Waals surface area contributed by atoms with Crippen molar-refractivity contribution in [3.63, 3.8) is 0 Å². The Labute approximate surface area is 166 Å². The lowest BCUT2D eigenvalue weighted by Crippen LogP contribution is -2.58. The van der Waals surface area contributed by atoms with Crippen LogP contribution in [-0.4, -0.2) is 76.5 Å². The number of rotatable bonds is 5. The van der Waals surface area contributed by atoms with E-state index in [1.54, 1.807) is 12.1 Å². The number of ether oxygens (including phenoxy) is 1. The number of amides is 1. The van der Waals surface area contributed by atoms with Crippen LogP contribution < -0.4 is 20.4 Å². The van der Waals surface area contributed by atoms with E-state index >= 15 is 0 Å². The second kappa shape index (κ2) is 6.33. The van der Waals surface area contributed by atoms with Gasteiger partial charge in [-0.05, 0) is 24.0 Å². The topological polar surface area (TPSA) is 155 Å². The molecule has 3 heterocycles. The molecule has 6 N–H and O–H groups in total. The van der Waals surface area contributed by atoms with Crippen LogP contribution in [0, 0.1) is 0 Å². The molecule has 1 saturated carbocycles. The molecular weight excluding hydrogens is 381 g/mol. The van der Waals surface area contributed by atoms with Crippen molar-refractivity contribution >= 4 is 18.6 Å². The molecule has 1 amide bonds. The van der Waals surface area contributed by atoms with Crippen molar-refractivity contribution in [3.8, 4) is 11.5 Å². The van der Waals surface area contributed by atoms with Crippen LogP contribution in [0.3, 0.4) is 0 Å². The molecule has 29 heavy (non-hydrogen) atoms. The van der Waals surface area contributed by atoms with E-state index in [0.717, 1.165) is 0 Å². The monoisotopic (exact) mass is 404 g/mol. The molecule has 0 spiro atoms. The molecule has 0 radical (unpaired) electrons. The Balaban J connectivity index is 1.30. The molecule has 2 saturated heterocycles. The number of carboxylic acids is 1. The van der Waals surface area contributed by atoms with E-state index in [9.17, 15) is 24.7 Å². The number of carboxylic acid groups (broad SMARTS) is 1. The molecule has 11 heteroatoms. The zero-order chi connectivity index (χ0) is 20.5. The molecule has 0 unspecified atom stereocenters. The number of primary amides is 1. The van der Waals surface area contributed by atoms with Gasteiger partial charge in [0.2, 0.25) is 5.91 Å². The number of nitrogens with one attached hydrogen (secondary N) is 1. The summed E-state index contributed by atoms with van der Waals surface area (Å²) in [6.45, 7) is -1.18. The number of likely N-dealkylation sites (tertiary alicyclic amines) is 1.